The first-order valence-corrected chi connectivity index (χ1v) is 10.2. The number of aliphatic carboxylic acids is 1. The molecule has 0 radical (unpaired) electrons. The summed E-state index contributed by atoms with van der Waals surface area (Å²) < 4.78 is 5.39. The Morgan fingerprint density at radius 1 is 1.27 bits per heavy atom. The third-order valence-electron chi connectivity index (χ3n) is 5.13. The number of H-pyrrole nitrogens is 1. The number of nitrogens with zero attached hydrogens (tertiary/aromatic N) is 2. The molecule has 2 heterocycles. The maximum atomic E-state index is 12.7. The predicted octanol–water partition coefficient (Wildman–Crippen LogP) is 1.44. The number of ether oxygens (including phenoxy) is 1. The van der Waals surface area contributed by atoms with E-state index in [0.29, 0.717) is 61.4 Å². The van der Waals surface area contributed by atoms with Crippen LogP contribution in [0.5, 0.6) is 0 Å². The van der Waals surface area contributed by atoms with Gasteiger partial charge in [0.2, 0.25) is 0 Å². The van der Waals surface area contributed by atoms with Crippen molar-refractivity contribution >= 4 is 28.4 Å². The van der Waals surface area contributed by atoms with E-state index in [1.54, 1.807) is 24.4 Å². The molecule has 0 aliphatic carbocycles. The second kappa shape index (κ2) is 10.1. The molecular formula is C21H29N5O4. The third-order valence-corrected chi connectivity index (χ3v) is 5.13. The van der Waals surface area contributed by atoms with Gasteiger partial charge in [-0.05, 0) is 18.9 Å². The summed E-state index contributed by atoms with van der Waals surface area (Å²) in [6, 6.07) is 7.04. The molecule has 0 bridgehead atoms. The number of rotatable bonds is 9. The summed E-state index contributed by atoms with van der Waals surface area (Å²) in [5.41, 5.74) is 8.08. The van der Waals surface area contributed by atoms with E-state index in [0.717, 1.165) is 18.7 Å². The average Bonchev–Trinajstić information content (AvgIpc) is 2.73. The van der Waals surface area contributed by atoms with E-state index in [1.165, 1.54) is 5.01 Å². The number of carboxylic acid groups (broad SMARTS) is 1. The van der Waals surface area contributed by atoms with Crippen LogP contribution in [-0.4, -0.2) is 53.9 Å². The first-order valence-electron chi connectivity index (χ1n) is 10.2. The zero-order valence-corrected chi connectivity index (χ0v) is 17.0. The molecule has 1 fully saturated rings. The predicted molar refractivity (Wildman–Crippen MR) is 117 cm³/mol. The van der Waals surface area contributed by atoms with Gasteiger partial charge < -0.3 is 30.5 Å². The topological polar surface area (TPSA) is 138 Å². The van der Waals surface area contributed by atoms with Gasteiger partial charge in [-0.1, -0.05) is 18.6 Å². The van der Waals surface area contributed by atoms with Gasteiger partial charge in [0.25, 0.3) is 0 Å². The van der Waals surface area contributed by atoms with Crippen molar-refractivity contribution in [2.45, 2.75) is 25.7 Å². The van der Waals surface area contributed by atoms with Gasteiger partial charge in [0.15, 0.2) is 5.43 Å². The first-order chi connectivity index (χ1) is 14.5. The number of nitrogens with two attached hydrogens (primary N) is 2. The van der Waals surface area contributed by atoms with E-state index in [1.807, 2.05) is 6.07 Å². The Bertz CT molecular complexity index is 966. The summed E-state index contributed by atoms with van der Waals surface area (Å²) >= 11 is 0. The smallest absolute Gasteiger partial charge is 0.303 e. The Kier molecular flexibility index (Phi) is 7.31. The molecule has 0 saturated carbocycles. The number of hydrogen-bond donors (Lipinski definition) is 4. The molecule has 162 valence electrons. The minimum Gasteiger partial charge on any atom is -0.481 e. The minimum absolute atomic E-state index is 0.0667. The van der Waals surface area contributed by atoms with Gasteiger partial charge in [0, 0.05) is 49.3 Å². The largest absolute Gasteiger partial charge is 0.481 e. The molecule has 2 aromatic rings. The number of pyridine rings is 1. The summed E-state index contributed by atoms with van der Waals surface area (Å²) in [6.07, 6.45) is 3.97. The molecule has 1 aromatic carbocycles. The van der Waals surface area contributed by atoms with Crippen molar-refractivity contribution in [1.29, 1.82) is 0 Å². The third kappa shape index (κ3) is 5.52. The van der Waals surface area contributed by atoms with Gasteiger partial charge in [0.1, 0.15) is 5.82 Å². The van der Waals surface area contributed by atoms with E-state index in [2.05, 4.69) is 9.88 Å². The summed E-state index contributed by atoms with van der Waals surface area (Å²) in [6.45, 7) is 3.23. The minimum atomic E-state index is -0.787. The number of unbranched alkanes of at least 4 members (excludes halogenated alkanes) is 2. The first kappa shape index (κ1) is 21.7. The fourth-order valence-electron chi connectivity index (χ4n) is 3.53. The van der Waals surface area contributed by atoms with E-state index < -0.39 is 5.97 Å². The van der Waals surface area contributed by atoms with Crippen molar-refractivity contribution in [2.75, 3.05) is 37.7 Å². The van der Waals surface area contributed by atoms with Gasteiger partial charge in [-0.15, -0.1) is 0 Å². The van der Waals surface area contributed by atoms with Crippen molar-refractivity contribution < 1.29 is 14.6 Å². The lowest BCUT2D eigenvalue weighted by Gasteiger charge is -2.28. The lowest BCUT2D eigenvalue weighted by molar-refractivity contribution is -0.137. The molecule has 0 unspecified atom stereocenters. The van der Waals surface area contributed by atoms with Crippen molar-refractivity contribution in [3.63, 3.8) is 0 Å². The molecule has 1 saturated heterocycles. The number of benzene rings is 1. The Morgan fingerprint density at radius 2 is 2.03 bits per heavy atom. The van der Waals surface area contributed by atoms with Gasteiger partial charge in [-0.3, -0.25) is 9.59 Å². The highest BCUT2D eigenvalue weighted by atomic mass is 16.5. The molecular weight excluding hydrogens is 386 g/mol. The molecule has 9 heteroatoms. The number of carboxylic acids is 1. The Balaban J connectivity index is 1.78. The number of aromatic amines is 1. The van der Waals surface area contributed by atoms with Crippen LogP contribution in [0.4, 0.5) is 5.82 Å². The molecule has 9 nitrogen and oxygen atoms in total. The standard InChI is InChI=1S/C21H29N5O4/c22-17(14-26(23)8-3-1-2-7-20(28)29)15-5-4-6-16-18(27)13-19(24-21(15)16)25-9-11-30-12-10-25/h4-6,13-14H,1-3,7-12,22-23H2,(H,24,27)(H,28,29)/b17-14-. The Morgan fingerprint density at radius 3 is 2.77 bits per heavy atom. The van der Waals surface area contributed by atoms with E-state index in [-0.39, 0.29) is 11.8 Å². The van der Waals surface area contributed by atoms with Crippen LogP contribution in [0.15, 0.2) is 35.3 Å². The maximum Gasteiger partial charge on any atom is 0.303 e. The number of para-hydroxylation sites is 1. The molecule has 6 N–H and O–H groups in total. The van der Waals surface area contributed by atoms with Crippen LogP contribution in [0, 0.1) is 0 Å². The van der Waals surface area contributed by atoms with Crippen molar-refractivity contribution in [1.82, 2.24) is 9.99 Å². The molecule has 1 aliphatic rings. The number of morpholine rings is 1. The highest BCUT2D eigenvalue weighted by Crippen LogP contribution is 2.22. The van der Waals surface area contributed by atoms with Gasteiger partial charge in [0.05, 0.1) is 24.4 Å². The molecule has 3 rings (SSSR count). The summed E-state index contributed by atoms with van der Waals surface area (Å²) in [4.78, 5) is 28.7. The second-order valence-corrected chi connectivity index (χ2v) is 7.37. The van der Waals surface area contributed by atoms with E-state index >= 15 is 0 Å². The van der Waals surface area contributed by atoms with Gasteiger partial charge in [-0.25, -0.2) is 5.84 Å². The monoisotopic (exact) mass is 415 g/mol. The van der Waals surface area contributed by atoms with E-state index in [4.69, 9.17) is 21.4 Å². The van der Waals surface area contributed by atoms with Crippen LogP contribution in [-0.2, 0) is 9.53 Å². The number of hydrazine groups is 1. The van der Waals surface area contributed by atoms with Gasteiger partial charge in [-0.2, -0.15) is 0 Å². The number of nitrogens with one attached hydrogen (secondary N) is 1. The normalized spacial score (nSPS) is 14.8. The highest BCUT2D eigenvalue weighted by molar-refractivity contribution is 5.91. The highest BCUT2D eigenvalue weighted by Gasteiger charge is 2.15. The fraction of sp³-hybridized carbons (Fsp3) is 0.429. The number of anilines is 1. The molecule has 30 heavy (non-hydrogen) atoms. The van der Waals surface area contributed by atoms with E-state index in [9.17, 15) is 9.59 Å². The molecule has 0 amide bonds. The SMILES string of the molecule is N/C(=C\N(N)CCCCCC(=O)O)c1cccc2c(=O)cc(N3CCOCC3)[nH]c12. The summed E-state index contributed by atoms with van der Waals surface area (Å²) in [5.74, 6) is 6.00. The maximum absolute atomic E-state index is 12.7. The molecule has 0 atom stereocenters. The second-order valence-electron chi connectivity index (χ2n) is 7.37. The molecule has 0 spiro atoms. The van der Waals surface area contributed by atoms with Crippen molar-refractivity contribution in [3.05, 3.63) is 46.3 Å². The van der Waals surface area contributed by atoms with Crippen LogP contribution < -0.4 is 21.9 Å². The lowest BCUT2D eigenvalue weighted by atomic mass is 10.1. The molecule has 1 aromatic heterocycles. The zero-order chi connectivity index (χ0) is 21.5. The van der Waals surface area contributed by atoms with Crippen LogP contribution in [0.2, 0.25) is 0 Å². The van der Waals surface area contributed by atoms with Crippen LogP contribution in [0.1, 0.15) is 31.2 Å². The summed E-state index contributed by atoms with van der Waals surface area (Å²) in [7, 11) is 0. The van der Waals surface area contributed by atoms with Gasteiger partial charge >= 0.3 is 5.97 Å². The van der Waals surface area contributed by atoms with Crippen LogP contribution in [0.25, 0.3) is 16.6 Å². The Labute approximate surface area is 174 Å². The number of fused-ring (bicyclic) bond motifs is 1. The fourth-order valence-corrected chi connectivity index (χ4v) is 3.53. The number of carbonyl (C=O) groups is 1. The number of aromatic nitrogens is 1. The lowest BCUT2D eigenvalue weighted by Crippen LogP contribution is -2.37. The molecule has 1 aliphatic heterocycles. The summed E-state index contributed by atoms with van der Waals surface area (Å²) in [5, 5.41) is 10.7. The quantitative estimate of drug-likeness (QED) is 0.274. The number of hydrogen-bond acceptors (Lipinski definition) is 7. The Hall–Kier alpha value is -3.04. The van der Waals surface area contributed by atoms with Crippen molar-refractivity contribution in [3.8, 4) is 0 Å². The van der Waals surface area contributed by atoms with Crippen LogP contribution in [0.3, 0.4) is 0 Å². The van der Waals surface area contributed by atoms with Crippen molar-refractivity contribution in [2.24, 2.45) is 11.6 Å². The van der Waals surface area contributed by atoms with Crippen LogP contribution >= 0.6 is 0 Å². The zero-order valence-electron chi connectivity index (χ0n) is 17.0. The average molecular weight is 415 g/mol.